The molecule has 0 fully saturated rings. The van der Waals surface area contributed by atoms with Crippen LogP contribution in [-0.2, 0) is 0 Å². The molecule has 0 aliphatic rings. The van der Waals surface area contributed by atoms with Gasteiger partial charge >= 0.3 is 0 Å². The van der Waals surface area contributed by atoms with Crippen LogP contribution in [0.5, 0.6) is 5.75 Å². The minimum atomic E-state index is 0.0285. The van der Waals surface area contributed by atoms with Crippen molar-refractivity contribution in [3.8, 4) is 5.75 Å². The van der Waals surface area contributed by atoms with Gasteiger partial charge in [0, 0.05) is 11.9 Å². The van der Waals surface area contributed by atoms with Gasteiger partial charge in [-0.2, -0.15) is 5.10 Å². The van der Waals surface area contributed by atoms with Crippen LogP contribution in [0.1, 0.15) is 11.6 Å². The molecule has 1 heterocycles. The minimum Gasteiger partial charge on any atom is -0.497 e. The van der Waals surface area contributed by atoms with Crippen LogP contribution in [0.15, 0.2) is 54.7 Å². The standard InChI is InChI=1S/C16H17N3O/c1-20-14-8-6-12(7-9-14)16(10-17)19-15-5-3-2-4-13(15)11-18-19/h2-9,11,16H,10,17H2,1H3. The topological polar surface area (TPSA) is 53.1 Å². The van der Waals surface area contributed by atoms with E-state index >= 15 is 0 Å². The molecule has 1 atom stereocenters. The van der Waals surface area contributed by atoms with E-state index in [0.717, 1.165) is 22.2 Å². The summed E-state index contributed by atoms with van der Waals surface area (Å²) in [6.45, 7) is 0.498. The lowest BCUT2D eigenvalue weighted by Gasteiger charge is -2.17. The summed E-state index contributed by atoms with van der Waals surface area (Å²) in [5, 5.41) is 5.62. The Labute approximate surface area is 117 Å². The number of rotatable bonds is 4. The van der Waals surface area contributed by atoms with Crippen molar-refractivity contribution in [3.63, 3.8) is 0 Å². The van der Waals surface area contributed by atoms with Crippen molar-refractivity contribution in [2.24, 2.45) is 5.73 Å². The molecule has 4 heteroatoms. The summed E-state index contributed by atoms with van der Waals surface area (Å²) >= 11 is 0. The average Bonchev–Trinajstić information content (AvgIpc) is 2.93. The van der Waals surface area contributed by atoms with Crippen LogP contribution in [-0.4, -0.2) is 23.4 Å². The molecule has 0 saturated heterocycles. The van der Waals surface area contributed by atoms with Gasteiger partial charge in [0.25, 0.3) is 0 Å². The van der Waals surface area contributed by atoms with Crippen LogP contribution >= 0.6 is 0 Å². The van der Waals surface area contributed by atoms with Gasteiger partial charge < -0.3 is 10.5 Å². The van der Waals surface area contributed by atoms with Crippen LogP contribution in [0.2, 0.25) is 0 Å². The Morgan fingerprint density at radius 2 is 1.90 bits per heavy atom. The van der Waals surface area contributed by atoms with Gasteiger partial charge in [0.05, 0.1) is 24.9 Å². The Morgan fingerprint density at radius 3 is 2.60 bits per heavy atom. The molecule has 0 bridgehead atoms. The third-order valence-electron chi connectivity index (χ3n) is 3.52. The number of hydrogen-bond acceptors (Lipinski definition) is 3. The number of ether oxygens (including phenoxy) is 1. The third kappa shape index (κ3) is 2.14. The Hall–Kier alpha value is -2.33. The van der Waals surface area contributed by atoms with E-state index in [4.69, 9.17) is 10.5 Å². The van der Waals surface area contributed by atoms with Crippen molar-refractivity contribution in [2.45, 2.75) is 6.04 Å². The van der Waals surface area contributed by atoms with E-state index in [1.807, 2.05) is 47.3 Å². The van der Waals surface area contributed by atoms with E-state index < -0.39 is 0 Å². The van der Waals surface area contributed by atoms with Crippen LogP contribution in [0, 0.1) is 0 Å². The monoisotopic (exact) mass is 267 g/mol. The number of benzene rings is 2. The van der Waals surface area contributed by atoms with Crippen LogP contribution in [0.4, 0.5) is 0 Å². The summed E-state index contributed by atoms with van der Waals surface area (Å²) < 4.78 is 7.17. The van der Waals surface area contributed by atoms with Gasteiger partial charge in [-0.3, -0.25) is 4.68 Å². The summed E-state index contributed by atoms with van der Waals surface area (Å²) in [6.07, 6.45) is 1.88. The number of nitrogens with zero attached hydrogens (tertiary/aromatic N) is 2. The molecule has 4 nitrogen and oxygen atoms in total. The van der Waals surface area contributed by atoms with Gasteiger partial charge in [0.1, 0.15) is 5.75 Å². The zero-order valence-electron chi connectivity index (χ0n) is 11.4. The highest BCUT2D eigenvalue weighted by molar-refractivity contribution is 5.78. The Balaban J connectivity index is 2.04. The molecule has 0 radical (unpaired) electrons. The molecule has 2 aromatic carbocycles. The van der Waals surface area contributed by atoms with E-state index in [1.54, 1.807) is 7.11 Å². The van der Waals surface area contributed by atoms with Crippen molar-refractivity contribution in [2.75, 3.05) is 13.7 Å². The van der Waals surface area contributed by atoms with Crippen molar-refractivity contribution in [3.05, 3.63) is 60.3 Å². The van der Waals surface area contributed by atoms with Crippen molar-refractivity contribution >= 4 is 10.9 Å². The summed E-state index contributed by atoms with van der Waals surface area (Å²) in [5.74, 6) is 0.842. The first kappa shape index (κ1) is 12.7. The first-order valence-electron chi connectivity index (χ1n) is 6.59. The van der Waals surface area contributed by atoms with E-state index in [0.29, 0.717) is 6.54 Å². The molecule has 0 spiro atoms. The third-order valence-corrected chi connectivity index (χ3v) is 3.52. The minimum absolute atomic E-state index is 0.0285. The molecule has 3 rings (SSSR count). The van der Waals surface area contributed by atoms with Gasteiger partial charge in [0.15, 0.2) is 0 Å². The Bertz CT molecular complexity index is 703. The molecule has 0 saturated carbocycles. The van der Waals surface area contributed by atoms with Gasteiger partial charge in [-0.25, -0.2) is 0 Å². The normalized spacial score (nSPS) is 12.5. The van der Waals surface area contributed by atoms with Crippen LogP contribution < -0.4 is 10.5 Å². The maximum Gasteiger partial charge on any atom is 0.118 e. The quantitative estimate of drug-likeness (QED) is 0.790. The lowest BCUT2D eigenvalue weighted by molar-refractivity contribution is 0.414. The van der Waals surface area contributed by atoms with E-state index in [-0.39, 0.29) is 6.04 Å². The molecule has 3 aromatic rings. The molecule has 2 N–H and O–H groups in total. The van der Waals surface area contributed by atoms with Gasteiger partial charge in [0.2, 0.25) is 0 Å². The van der Waals surface area contributed by atoms with E-state index in [1.165, 1.54) is 0 Å². The number of para-hydroxylation sites is 1. The van der Waals surface area contributed by atoms with E-state index in [9.17, 15) is 0 Å². The number of aromatic nitrogens is 2. The summed E-state index contributed by atoms with van der Waals surface area (Å²) in [6, 6.07) is 16.1. The molecule has 0 amide bonds. The van der Waals surface area contributed by atoms with Crippen LogP contribution in [0.3, 0.4) is 0 Å². The average molecular weight is 267 g/mol. The fourth-order valence-electron chi connectivity index (χ4n) is 2.44. The Morgan fingerprint density at radius 1 is 1.15 bits per heavy atom. The maximum absolute atomic E-state index is 5.97. The highest BCUT2D eigenvalue weighted by atomic mass is 16.5. The van der Waals surface area contributed by atoms with Crippen LogP contribution in [0.25, 0.3) is 10.9 Å². The number of hydrogen-bond donors (Lipinski definition) is 1. The molecule has 102 valence electrons. The molecule has 0 aliphatic heterocycles. The molecular formula is C16H17N3O. The lowest BCUT2D eigenvalue weighted by atomic mass is 10.1. The highest BCUT2D eigenvalue weighted by Gasteiger charge is 2.15. The second kappa shape index (κ2) is 5.35. The summed E-state index contributed by atoms with van der Waals surface area (Å²) in [5.41, 5.74) is 8.19. The number of nitrogens with two attached hydrogens (primary N) is 1. The molecule has 1 aromatic heterocycles. The first-order chi connectivity index (χ1) is 9.83. The summed E-state index contributed by atoms with van der Waals surface area (Å²) in [4.78, 5) is 0. The molecular weight excluding hydrogens is 250 g/mol. The number of fused-ring (bicyclic) bond motifs is 1. The zero-order valence-corrected chi connectivity index (χ0v) is 11.4. The van der Waals surface area contributed by atoms with Gasteiger partial charge in [-0.05, 0) is 23.8 Å². The number of methoxy groups -OCH3 is 1. The molecule has 1 unspecified atom stereocenters. The fraction of sp³-hybridized carbons (Fsp3) is 0.188. The second-order valence-corrected chi connectivity index (χ2v) is 4.67. The first-order valence-corrected chi connectivity index (χ1v) is 6.59. The van der Waals surface area contributed by atoms with Crippen molar-refractivity contribution in [1.82, 2.24) is 9.78 Å². The van der Waals surface area contributed by atoms with Crippen molar-refractivity contribution in [1.29, 1.82) is 0 Å². The SMILES string of the molecule is COc1ccc(C(CN)n2ncc3ccccc32)cc1. The zero-order chi connectivity index (χ0) is 13.9. The summed E-state index contributed by atoms with van der Waals surface area (Å²) in [7, 11) is 1.66. The predicted molar refractivity (Wildman–Crippen MR) is 79.9 cm³/mol. The predicted octanol–water partition coefficient (Wildman–Crippen LogP) is 2.59. The van der Waals surface area contributed by atoms with E-state index in [2.05, 4.69) is 17.2 Å². The fourth-order valence-corrected chi connectivity index (χ4v) is 2.44. The second-order valence-electron chi connectivity index (χ2n) is 4.67. The Kier molecular flexibility index (Phi) is 3.39. The van der Waals surface area contributed by atoms with Crippen molar-refractivity contribution < 1.29 is 4.74 Å². The lowest BCUT2D eigenvalue weighted by Crippen LogP contribution is -2.21. The maximum atomic E-state index is 5.97. The molecule has 0 aliphatic carbocycles. The van der Waals surface area contributed by atoms with Gasteiger partial charge in [-0.1, -0.05) is 30.3 Å². The highest BCUT2D eigenvalue weighted by Crippen LogP contribution is 2.24. The smallest absolute Gasteiger partial charge is 0.118 e. The molecule has 20 heavy (non-hydrogen) atoms. The largest absolute Gasteiger partial charge is 0.497 e. The van der Waals surface area contributed by atoms with Gasteiger partial charge in [-0.15, -0.1) is 0 Å².